The summed E-state index contributed by atoms with van der Waals surface area (Å²) in [6.45, 7) is 8.33. The molecule has 2 aromatic rings. The van der Waals surface area contributed by atoms with Gasteiger partial charge in [-0.1, -0.05) is 0 Å². The van der Waals surface area contributed by atoms with Crippen molar-refractivity contribution in [2.75, 3.05) is 6.61 Å². The number of aryl methyl sites for hydroxylation is 2. The highest BCUT2D eigenvalue weighted by Crippen LogP contribution is 2.35. The highest BCUT2D eigenvalue weighted by Gasteiger charge is 2.21. The Bertz CT molecular complexity index is 849. The van der Waals surface area contributed by atoms with Gasteiger partial charge in [0, 0.05) is 30.3 Å². The Kier molecular flexibility index (Phi) is 4.66. The number of ether oxygens (including phenoxy) is 2. The van der Waals surface area contributed by atoms with E-state index in [-0.39, 0.29) is 11.9 Å². The lowest BCUT2D eigenvalue weighted by Crippen LogP contribution is -2.05. The van der Waals surface area contributed by atoms with Gasteiger partial charge in [-0.3, -0.25) is 9.48 Å². The number of allylic oxidation sites excluding steroid dienone is 1. The smallest absolute Gasteiger partial charge is 0.189 e. The second kappa shape index (κ2) is 6.75. The van der Waals surface area contributed by atoms with Crippen molar-refractivity contribution in [2.24, 2.45) is 7.05 Å². The SMILES string of the molecule is CCOc1cc2c(cc1C=CC(=O)c1c(C)nn(C)c1C)OC(C)C2. The molecule has 0 spiro atoms. The van der Waals surface area contributed by atoms with E-state index in [2.05, 4.69) is 5.10 Å². The first-order valence-electron chi connectivity index (χ1n) is 8.59. The van der Waals surface area contributed by atoms with Gasteiger partial charge in [0.15, 0.2) is 5.78 Å². The summed E-state index contributed by atoms with van der Waals surface area (Å²) >= 11 is 0. The summed E-state index contributed by atoms with van der Waals surface area (Å²) in [6, 6.07) is 3.98. The second-order valence-corrected chi connectivity index (χ2v) is 6.43. The number of carbonyl (C=O) groups excluding carboxylic acids is 1. The van der Waals surface area contributed by atoms with Crippen LogP contribution in [0.4, 0.5) is 0 Å². The van der Waals surface area contributed by atoms with E-state index >= 15 is 0 Å². The van der Waals surface area contributed by atoms with Crippen LogP contribution >= 0.6 is 0 Å². The van der Waals surface area contributed by atoms with Gasteiger partial charge < -0.3 is 9.47 Å². The van der Waals surface area contributed by atoms with Crippen LogP contribution in [-0.2, 0) is 13.5 Å². The zero-order valence-corrected chi connectivity index (χ0v) is 15.4. The maximum atomic E-state index is 12.6. The number of benzene rings is 1. The number of rotatable bonds is 5. The van der Waals surface area contributed by atoms with Gasteiger partial charge >= 0.3 is 0 Å². The quantitative estimate of drug-likeness (QED) is 0.616. The molecule has 1 aromatic carbocycles. The molecule has 1 aromatic heterocycles. The lowest BCUT2D eigenvalue weighted by atomic mass is 10.0. The van der Waals surface area contributed by atoms with E-state index in [1.54, 1.807) is 16.8 Å². The Morgan fingerprint density at radius 1 is 1.44 bits per heavy atom. The van der Waals surface area contributed by atoms with Crippen LogP contribution in [0.5, 0.6) is 11.5 Å². The van der Waals surface area contributed by atoms with E-state index in [4.69, 9.17) is 9.47 Å². The van der Waals surface area contributed by atoms with Crippen LogP contribution in [-0.4, -0.2) is 28.3 Å². The van der Waals surface area contributed by atoms with Gasteiger partial charge in [0.05, 0.1) is 17.9 Å². The molecule has 5 nitrogen and oxygen atoms in total. The minimum Gasteiger partial charge on any atom is -0.493 e. The Morgan fingerprint density at radius 2 is 2.20 bits per heavy atom. The van der Waals surface area contributed by atoms with Crippen molar-refractivity contribution in [3.63, 3.8) is 0 Å². The third kappa shape index (κ3) is 3.31. The Morgan fingerprint density at radius 3 is 2.84 bits per heavy atom. The predicted molar refractivity (Wildman–Crippen MR) is 97.5 cm³/mol. The zero-order valence-electron chi connectivity index (χ0n) is 15.4. The predicted octanol–water partition coefficient (Wildman–Crippen LogP) is 3.66. The van der Waals surface area contributed by atoms with E-state index in [0.717, 1.165) is 40.4 Å². The molecule has 0 saturated heterocycles. The van der Waals surface area contributed by atoms with Crippen molar-refractivity contribution in [3.05, 3.63) is 46.3 Å². The first-order chi connectivity index (χ1) is 11.9. The molecule has 0 amide bonds. The van der Waals surface area contributed by atoms with Crippen LogP contribution in [0.3, 0.4) is 0 Å². The number of carbonyl (C=O) groups is 1. The molecule has 1 aliphatic rings. The summed E-state index contributed by atoms with van der Waals surface area (Å²) in [5.41, 5.74) is 4.26. The van der Waals surface area contributed by atoms with Crippen LogP contribution in [0.2, 0.25) is 0 Å². The third-order valence-electron chi connectivity index (χ3n) is 4.50. The topological polar surface area (TPSA) is 53.3 Å². The average Bonchev–Trinajstić information content (AvgIpc) is 3.03. The molecule has 1 unspecified atom stereocenters. The number of ketones is 1. The first-order valence-corrected chi connectivity index (χ1v) is 8.59. The fraction of sp³-hybridized carbons (Fsp3) is 0.400. The molecule has 0 fully saturated rings. The van der Waals surface area contributed by atoms with Crippen molar-refractivity contribution < 1.29 is 14.3 Å². The van der Waals surface area contributed by atoms with E-state index in [1.807, 2.05) is 46.9 Å². The van der Waals surface area contributed by atoms with Gasteiger partial charge in [0.25, 0.3) is 0 Å². The molecular formula is C20H24N2O3. The van der Waals surface area contributed by atoms with Gasteiger partial charge in [-0.25, -0.2) is 0 Å². The Labute approximate surface area is 148 Å². The van der Waals surface area contributed by atoms with Gasteiger partial charge in [-0.15, -0.1) is 0 Å². The van der Waals surface area contributed by atoms with Gasteiger partial charge in [0.1, 0.15) is 17.6 Å². The van der Waals surface area contributed by atoms with Crippen LogP contribution in [0, 0.1) is 13.8 Å². The third-order valence-corrected chi connectivity index (χ3v) is 4.50. The lowest BCUT2D eigenvalue weighted by molar-refractivity contribution is 0.104. The number of hydrogen-bond acceptors (Lipinski definition) is 4. The summed E-state index contributed by atoms with van der Waals surface area (Å²) in [4.78, 5) is 12.6. The molecule has 0 radical (unpaired) electrons. The van der Waals surface area contributed by atoms with Crippen molar-refractivity contribution in [1.29, 1.82) is 0 Å². The number of nitrogens with zero attached hydrogens (tertiary/aromatic N) is 2. The molecule has 0 bridgehead atoms. The van der Waals surface area contributed by atoms with E-state index in [1.165, 1.54) is 0 Å². The fourth-order valence-corrected chi connectivity index (χ4v) is 3.24. The number of aromatic nitrogens is 2. The van der Waals surface area contributed by atoms with Crippen LogP contribution in [0.1, 0.15) is 46.7 Å². The monoisotopic (exact) mass is 340 g/mol. The maximum absolute atomic E-state index is 12.6. The van der Waals surface area contributed by atoms with E-state index in [0.29, 0.717) is 12.2 Å². The number of hydrogen-bond donors (Lipinski definition) is 0. The van der Waals surface area contributed by atoms with Gasteiger partial charge in [-0.2, -0.15) is 5.10 Å². The first kappa shape index (κ1) is 17.3. The Balaban J connectivity index is 1.92. The summed E-state index contributed by atoms with van der Waals surface area (Å²) < 4.78 is 13.3. The maximum Gasteiger partial charge on any atom is 0.189 e. The molecule has 5 heteroatoms. The average molecular weight is 340 g/mol. The summed E-state index contributed by atoms with van der Waals surface area (Å²) in [6.07, 6.45) is 4.43. The normalized spacial score (nSPS) is 16.1. The second-order valence-electron chi connectivity index (χ2n) is 6.43. The summed E-state index contributed by atoms with van der Waals surface area (Å²) in [5, 5.41) is 4.31. The van der Waals surface area contributed by atoms with Crippen LogP contribution in [0.15, 0.2) is 18.2 Å². The summed E-state index contributed by atoms with van der Waals surface area (Å²) in [5.74, 6) is 1.60. The fourth-order valence-electron chi connectivity index (χ4n) is 3.24. The highest BCUT2D eigenvalue weighted by molar-refractivity contribution is 6.08. The molecular weight excluding hydrogens is 316 g/mol. The summed E-state index contributed by atoms with van der Waals surface area (Å²) in [7, 11) is 1.84. The minimum absolute atomic E-state index is 0.0552. The van der Waals surface area contributed by atoms with E-state index < -0.39 is 0 Å². The van der Waals surface area contributed by atoms with Crippen molar-refractivity contribution in [2.45, 2.75) is 40.2 Å². The molecule has 2 heterocycles. The zero-order chi connectivity index (χ0) is 18.1. The Hall–Kier alpha value is -2.56. The molecule has 0 saturated carbocycles. The highest BCUT2D eigenvalue weighted by atomic mass is 16.5. The van der Waals surface area contributed by atoms with Crippen molar-refractivity contribution >= 4 is 11.9 Å². The van der Waals surface area contributed by atoms with Gasteiger partial charge in [0.2, 0.25) is 0 Å². The molecule has 0 N–H and O–H groups in total. The van der Waals surface area contributed by atoms with Crippen molar-refractivity contribution in [3.8, 4) is 11.5 Å². The molecule has 1 atom stereocenters. The van der Waals surface area contributed by atoms with Gasteiger partial charge in [-0.05, 0) is 52.0 Å². The minimum atomic E-state index is -0.0552. The lowest BCUT2D eigenvalue weighted by Gasteiger charge is -2.10. The molecule has 1 aliphatic heterocycles. The van der Waals surface area contributed by atoms with Crippen LogP contribution < -0.4 is 9.47 Å². The van der Waals surface area contributed by atoms with E-state index in [9.17, 15) is 4.79 Å². The van der Waals surface area contributed by atoms with Crippen LogP contribution in [0.25, 0.3) is 6.08 Å². The molecule has 3 rings (SSSR count). The number of fused-ring (bicyclic) bond motifs is 1. The molecule has 25 heavy (non-hydrogen) atoms. The van der Waals surface area contributed by atoms with Crippen molar-refractivity contribution in [1.82, 2.24) is 9.78 Å². The molecule has 132 valence electrons. The molecule has 0 aliphatic carbocycles. The largest absolute Gasteiger partial charge is 0.493 e. The standard InChI is InChI=1S/C20H24N2O3/c1-6-24-18-11-16-9-12(2)25-19(16)10-15(18)7-8-17(23)20-13(3)21-22(5)14(20)4/h7-8,10-12H,6,9H2,1-5H3.